The van der Waals surface area contributed by atoms with Crippen LogP contribution in [-0.4, -0.2) is 36.0 Å². The molecular weight excluding hydrogens is 428 g/mol. The summed E-state index contributed by atoms with van der Waals surface area (Å²) < 4.78 is 10.2. The summed E-state index contributed by atoms with van der Waals surface area (Å²) in [6.07, 6.45) is 0. The van der Waals surface area contributed by atoms with E-state index in [1.165, 1.54) is 44.4 Å². The van der Waals surface area contributed by atoms with Crippen LogP contribution in [0.1, 0.15) is 38.0 Å². The monoisotopic (exact) mass is 448 g/mol. The van der Waals surface area contributed by atoms with Gasteiger partial charge in [-0.3, -0.25) is 14.4 Å². The number of para-hydroxylation sites is 2. The molecule has 0 atom stereocenters. The first-order valence-corrected chi connectivity index (χ1v) is 9.70. The lowest BCUT2D eigenvalue weighted by molar-refractivity contribution is -0.131. The van der Waals surface area contributed by atoms with Crippen LogP contribution in [0.2, 0.25) is 0 Å². The fourth-order valence-electron chi connectivity index (χ4n) is 3.03. The Morgan fingerprint density at radius 3 is 1.94 bits per heavy atom. The van der Waals surface area contributed by atoms with Crippen LogP contribution in [0.25, 0.3) is 0 Å². The third-order valence-electron chi connectivity index (χ3n) is 4.49. The van der Waals surface area contributed by atoms with E-state index in [1.54, 1.807) is 36.4 Å². The molecule has 2 amide bonds. The molecule has 0 fully saturated rings. The quantitative estimate of drug-likeness (QED) is 0.370. The molecule has 0 saturated carbocycles. The molecular formula is C24H20N2O7. The largest absolute Gasteiger partial charge is 0.496 e. The SMILES string of the molecule is COc1ccccc1C(=O)Nc1ccc(C(=O)O)c(NC(=O)c2ccccc2OC(C)=O)c1. The number of rotatable bonds is 7. The lowest BCUT2D eigenvalue weighted by atomic mass is 10.1. The highest BCUT2D eigenvalue weighted by molar-refractivity contribution is 6.11. The average Bonchev–Trinajstić information content (AvgIpc) is 2.78. The maximum absolute atomic E-state index is 12.8. The van der Waals surface area contributed by atoms with Crippen molar-refractivity contribution in [2.75, 3.05) is 17.7 Å². The second-order valence-electron chi connectivity index (χ2n) is 6.76. The van der Waals surface area contributed by atoms with Crippen LogP contribution in [0, 0.1) is 0 Å². The van der Waals surface area contributed by atoms with Crippen LogP contribution < -0.4 is 20.1 Å². The molecule has 3 rings (SSSR count). The number of ether oxygens (including phenoxy) is 2. The molecule has 33 heavy (non-hydrogen) atoms. The van der Waals surface area contributed by atoms with Crippen molar-refractivity contribution in [3.8, 4) is 11.5 Å². The van der Waals surface area contributed by atoms with E-state index in [2.05, 4.69) is 10.6 Å². The van der Waals surface area contributed by atoms with Crippen molar-refractivity contribution in [3.63, 3.8) is 0 Å². The van der Waals surface area contributed by atoms with Crippen LogP contribution in [0.15, 0.2) is 66.7 Å². The van der Waals surface area contributed by atoms with E-state index in [9.17, 15) is 24.3 Å². The Hall–Kier alpha value is -4.66. The number of hydrogen-bond acceptors (Lipinski definition) is 6. The van der Waals surface area contributed by atoms with Gasteiger partial charge in [0.1, 0.15) is 11.5 Å². The fraction of sp³-hybridized carbons (Fsp3) is 0.0833. The minimum Gasteiger partial charge on any atom is -0.496 e. The minimum absolute atomic E-state index is 0.0278. The summed E-state index contributed by atoms with van der Waals surface area (Å²) in [6, 6.07) is 16.6. The highest BCUT2D eigenvalue weighted by Crippen LogP contribution is 2.26. The molecule has 9 heteroatoms. The first kappa shape index (κ1) is 23.0. The molecule has 0 saturated heterocycles. The van der Waals surface area contributed by atoms with Gasteiger partial charge in [0.05, 0.1) is 29.5 Å². The van der Waals surface area contributed by atoms with Crippen LogP contribution in [0.3, 0.4) is 0 Å². The molecule has 168 valence electrons. The summed E-state index contributed by atoms with van der Waals surface area (Å²) in [6.45, 7) is 1.20. The Bertz CT molecular complexity index is 1240. The Kier molecular flexibility index (Phi) is 7.04. The van der Waals surface area contributed by atoms with Gasteiger partial charge in [-0.05, 0) is 42.5 Å². The highest BCUT2D eigenvalue weighted by Gasteiger charge is 2.19. The molecule has 0 aromatic heterocycles. The van der Waals surface area contributed by atoms with E-state index in [4.69, 9.17) is 9.47 Å². The van der Waals surface area contributed by atoms with Crippen molar-refractivity contribution >= 4 is 35.1 Å². The average molecular weight is 448 g/mol. The zero-order chi connectivity index (χ0) is 24.0. The first-order chi connectivity index (χ1) is 15.8. The maximum Gasteiger partial charge on any atom is 0.337 e. The molecule has 3 aromatic carbocycles. The van der Waals surface area contributed by atoms with Crippen molar-refractivity contribution < 1.29 is 33.8 Å². The van der Waals surface area contributed by atoms with Crippen LogP contribution in [0.4, 0.5) is 11.4 Å². The van der Waals surface area contributed by atoms with E-state index in [-0.39, 0.29) is 33.8 Å². The maximum atomic E-state index is 12.8. The number of carbonyl (C=O) groups is 4. The summed E-state index contributed by atoms with van der Waals surface area (Å²) in [4.78, 5) is 48.5. The number of esters is 1. The van der Waals surface area contributed by atoms with Gasteiger partial charge in [0.15, 0.2) is 0 Å². The second kappa shape index (κ2) is 10.1. The molecule has 0 aliphatic rings. The molecule has 9 nitrogen and oxygen atoms in total. The molecule has 0 unspecified atom stereocenters. The molecule has 0 bridgehead atoms. The minimum atomic E-state index is -1.28. The number of carboxylic acids is 1. The van der Waals surface area contributed by atoms with Gasteiger partial charge in [0.2, 0.25) is 0 Å². The Morgan fingerprint density at radius 1 is 0.758 bits per heavy atom. The van der Waals surface area contributed by atoms with E-state index in [0.717, 1.165) is 0 Å². The topological polar surface area (TPSA) is 131 Å². The number of nitrogens with one attached hydrogen (secondary N) is 2. The third-order valence-corrected chi connectivity index (χ3v) is 4.49. The molecule has 0 aliphatic carbocycles. The van der Waals surface area contributed by atoms with Gasteiger partial charge in [-0.2, -0.15) is 0 Å². The summed E-state index contributed by atoms with van der Waals surface area (Å²) in [7, 11) is 1.44. The smallest absolute Gasteiger partial charge is 0.337 e. The summed E-state index contributed by atoms with van der Waals surface area (Å²) in [5.41, 5.74) is 0.321. The summed E-state index contributed by atoms with van der Waals surface area (Å²) in [5.74, 6) is -2.66. The molecule has 0 aliphatic heterocycles. The number of carboxylic acid groups (broad SMARTS) is 1. The fourth-order valence-corrected chi connectivity index (χ4v) is 3.03. The molecule has 0 heterocycles. The van der Waals surface area contributed by atoms with Gasteiger partial charge in [0.25, 0.3) is 11.8 Å². The zero-order valence-electron chi connectivity index (χ0n) is 17.7. The van der Waals surface area contributed by atoms with Gasteiger partial charge in [0, 0.05) is 12.6 Å². The molecule has 0 radical (unpaired) electrons. The normalized spacial score (nSPS) is 10.1. The number of methoxy groups -OCH3 is 1. The second-order valence-corrected chi connectivity index (χ2v) is 6.76. The van der Waals surface area contributed by atoms with Crippen molar-refractivity contribution in [1.82, 2.24) is 0 Å². The van der Waals surface area contributed by atoms with E-state index in [1.807, 2.05) is 0 Å². The number of hydrogen-bond donors (Lipinski definition) is 3. The van der Waals surface area contributed by atoms with E-state index >= 15 is 0 Å². The van der Waals surface area contributed by atoms with Crippen molar-refractivity contribution in [2.45, 2.75) is 6.92 Å². The Labute approximate surface area is 189 Å². The predicted molar refractivity (Wildman–Crippen MR) is 120 cm³/mol. The lowest BCUT2D eigenvalue weighted by Gasteiger charge is -2.14. The van der Waals surface area contributed by atoms with E-state index in [0.29, 0.717) is 5.75 Å². The van der Waals surface area contributed by atoms with Crippen molar-refractivity contribution in [2.24, 2.45) is 0 Å². The van der Waals surface area contributed by atoms with Crippen LogP contribution in [-0.2, 0) is 4.79 Å². The molecule has 3 N–H and O–H groups in total. The number of carbonyl (C=O) groups excluding carboxylic acids is 3. The molecule has 0 spiro atoms. The van der Waals surface area contributed by atoms with Gasteiger partial charge >= 0.3 is 11.9 Å². The van der Waals surface area contributed by atoms with Crippen LogP contribution in [0.5, 0.6) is 11.5 Å². The first-order valence-electron chi connectivity index (χ1n) is 9.70. The van der Waals surface area contributed by atoms with E-state index < -0.39 is 23.8 Å². The summed E-state index contributed by atoms with van der Waals surface area (Å²) in [5, 5.41) is 14.7. The number of amides is 2. The predicted octanol–water partition coefficient (Wildman–Crippen LogP) is 3.82. The van der Waals surface area contributed by atoms with Gasteiger partial charge in [-0.15, -0.1) is 0 Å². The zero-order valence-corrected chi connectivity index (χ0v) is 17.7. The highest BCUT2D eigenvalue weighted by atomic mass is 16.5. The number of benzene rings is 3. The third kappa shape index (κ3) is 5.53. The Morgan fingerprint density at radius 2 is 1.33 bits per heavy atom. The van der Waals surface area contributed by atoms with Gasteiger partial charge in [-0.1, -0.05) is 24.3 Å². The molecule has 3 aromatic rings. The standard InChI is InChI=1S/C24H20N2O7/c1-14(27)33-21-10-6-4-8-18(21)23(29)26-19-13-15(11-12-16(19)24(30)31)25-22(28)17-7-3-5-9-20(17)32-2/h3-13H,1-2H3,(H,25,28)(H,26,29)(H,30,31). The lowest BCUT2D eigenvalue weighted by Crippen LogP contribution is -2.18. The van der Waals surface area contributed by atoms with Crippen LogP contribution >= 0.6 is 0 Å². The number of anilines is 2. The van der Waals surface area contributed by atoms with Crippen molar-refractivity contribution in [3.05, 3.63) is 83.4 Å². The number of aromatic carboxylic acids is 1. The summed E-state index contributed by atoms with van der Waals surface area (Å²) >= 11 is 0. The van der Waals surface area contributed by atoms with Crippen molar-refractivity contribution in [1.29, 1.82) is 0 Å². The van der Waals surface area contributed by atoms with Gasteiger partial charge < -0.3 is 25.2 Å². The Balaban J connectivity index is 1.90. The van der Waals surface area contributed by atoms with Gasteiger partial charge in [-0.25, -0.2) is 4.79 Å².